The summed E-state index contributed by atoms with van der Waals surface area (Å²) in [5.41, 5.74) is 13.9. The average molecular weight is 729 g/mol. The largest absolute Gasteiger partial charge is 0.457 e. The van der Waals surface area contributed by atoms with Crippen LogP contribution >= 0.6 is 0 Å². The standard InChI is InChI=1S/C51H44N4O/c1-4-16-45-51(50-41(36-18-8-6-9-19-36)25-15-26-42(50)37-20-10-7-11-21-37)47(17-5-2)55(53-45)38-22-14-23-39(33-38)56-40-28-29-44-43-24-12-13-27-46(43)54(48(44)34-40)49-32-35(3)30-31-52-49/h6-15,18-34H,4-5,16-17H2,1-3H3. The quantitative estimate of drug-likeness (QED) is 0.133. The van der Waals surface area contributed by atoms with Gasteiger partial charge in [0, 0.05) is 40.2 Å². The van der Waals surface area contributed by atoms with Gasteiger partial charge in [0.05, 0.1) is 28.1 Å². The van der Waals surface area contributed by atoms with Crippen LogP contribution in [0.1, 0.15) is 43.6 Å². The molecule has 0 radical (unpaired) electrons. The van der Waals surface area contributed by atoms with E-state index in [4.69, 9.17) is 14.8 Å². The Morgan fingerprint density at radius 3 is 1.93 bits per heavy atom. The van der Waals surface area contributed by atoms with E-state index in [1.807, 2.05) is 18.3 Å². The molecule has 3 aromatic heterocycles. The summed E-state index contributed by atoms with van der Waals surface area (Å²) in [6, 6.07) is 55.6. The number of para-hydroxylation sites is 1. The van der Waals surface area contributed by atoms with E-state index < -0.39 is 0 Å². The molecule has 3 heterocycles. The van der Waals surface area contributed by atoms with Crippen molar-refractivity contribution in [3.63, 3.8) is 0 Å². The number of pyridine rings is 1. The van der Waals surface area contributed by atoms with Gasteiger partial charge in [-0.25, -0.2) is 9.67 Å². The Labute approximate surface area is 328 Å². The molecular weight excluding hydrogens is 685 g/mol. The Kier molecular flexibility index (Phi) is 9.50. The summed E-state index contributed by atoms with van der Waals surface area (Å²) in [4.78, 5) is 4.77. The fourth-order valence-electron chi connectivity index (χ4n) is 8.14. The van der Waals surface area contributed by atoms with Gasteiger partial charge >= 0.3 is 0 Å². The highest BCUT2D eigenvalue weighted by Gasteiger charge is 2.25. The summed E-state index contributed by atoms with van der Waals surface area (Å²) in [6.45, 7) is 6.59. The smallest absolute Gasteiger partial charge is 0.137 e. The third-order valence-electron chi connectivity index (χ3n) is 10.6. The first-order valence-electron chi connectivity index (χ1n) is 19.7. The zero-order valence-electron chi connectivity index (χ0n) is 32.1. The van der Waals surface area contributed by atoms with Gasteiger partial charge in [0.2, 0.25) is 0 Å². The fraction of sp³-hybridized carbons (Fsp3) is 0.137. The van der Waals surface area contributed by atoms with Crippen LogP contribution in [0.4, 0.5) is 0 Å². The molecule has 0 atom stereocenters. The molecule has 9 aromatic rings. The Morgan fingerprint density at radius 1 is 0.554 bits per heavy atom. The lowest BCUT2D eigenvalue weighted by atomic mass is 9.85. The number of hydrogen-bond acceptors (Lipinski definition) is 3. The minimum Gasteiger partial charge on any atom is -0.457 e. The van der Waals surface area contributed by atoms with Gasteiger partial charge < -0.3 is 4.74 Å². The van der Waals surface area contributed by atoms with E-state index in [0.29, 0.717) is 0 Å². The molecule has 0 aliphatic carbocycles. The second kappa shape index (κ2) is 15.2. The van der Waals surface area contributed by atoms with E-state index in [1.165, 1.54) is 44.5 Å². The maximum Gasteiger partial charge on any atom is 0.137 e. The predicted molar refractivity (Wildman–Crippen MR) is 231 cm³/mol. The minimum atomic E-state index is 0.754. The number of fused-ring (bicyclic) bond motifs is 3. The lowest BCUT2D eigenvalue weighted by Crippen LogP contribution is -2.04. The number of hydrogen-bond donors (Lipinski definition) is 0. The first-order valence-corrected chi connectivity index (χ1v) is 19.7. The molecular formula is C51H44N4O. The van der Waals surface area contributed by atoms with Gasteiger partial charge in [-0.15, -0.1) is 0 Å². The SMILES string of the molecule is CCCc1nn(-c2cccc(Oc3ccc4c5ccccc5n(-c5cc(C)ccn5)c4c3)c2)c(CCC)c1-c1c(-c2ccccc2)cccc1-c1ccccc1. The van der Waals surface area contributed by atoms with Crippen LogP contribution in [-0.4, -0.2) is 19.3 Å². The number of benzene rings is 6. The van der Waals surface area contributed by atoms with Crippen molar-refractivity contribution in [1.29, 1.82) is 0 Å². The van der Waals surface area contributed by atoms with Gasteiger partial charge in [0.1, 0.15) is 17.3 Å². The van der Waals surface area contributed by atoms with Crippen LogP contribution in [0.2, 0.25) is 0 Å². The fourth-order valence-corrected chi connectivity index (χ4v) is 8.14. The molecule has 56 heavy (non-hydrogen) atoms. The molecule has 0 aliphatic heterocycles. The third-order valence-corrected chi connectivity index (χ3v) is 10.6. The number of aromatic nitrogens is 4. The highest BCUT2D eigenvalue weighted by Crippen LogP contribution is 2.44. The molecule has 0 N–H and O–H groups in total. The van der Waals surface area contributed by atoms with E-state index in [-0.39, 0.29) is 0 Å². The van der Waals surface area contributed by atoms with Gasteiger partial charge in [-0.3, -0.25) is 4.57 Å². The van der Waals surface area contributed by atoms with E-state index >= 15 is 0 Å². The first kappa shape index (κ1) is 35.0. The monoisotopic (exact) mass is 728 g/mol. The number of ether oxygens (including phenoxy) is 1. The number of nitrogens with zero attached hydrogens (tertiary/aromatic N) is 4. The van der Waals surface area contributed by atoms with Crippen LogP contribution in [0.15, 0.2) is 164 Å². The molecule has 0 spiro atoms. The van der Waals surface area contributed by atoms with Crippen LogP contribution in [0.25, 0.3) is 66.7 Å². The van der Waals surface area contributed by atoms with Gasteiger partial charge in [0.15, 0.2) is 0 Å². The summed E-state index contributed by atoms with van der Waals surface area (Å²) in [7, 11) is 0. The molecule has 9 rings (SSSR count). The van der Waals surface area contributed by atoms with Crippen molar-refractivity contribution in [3.05, 3.63) is 181 Å². The summed E-state index contributed by atoms with van der Waals surface area (Å²) in [5, 5.41) is 7.80. The van der Waals surface area contributed by atoms with Crippen molar-refractivity contribution in [3.8, 4) is 56.4 Å². The van der Waals surface area contributed by atoms with Crippen molar-refractivity contribution in [2.24, 2.45) is 0 Å². The Bertz CT molecular complexity index is 2760. The maximum absolute atomic E-state index is 6.71. The van der Waals surface area contributed by atoms with E-state index in [2.05, 4.69) is 176 Å². The summed E-state index contributed by atoms with van der Waals surface area (Å²) >= 11 is 0. The topological polar surface area (TPSA) is 44.9 Å². The normalized spacial score (nSPS) is 11.4. The van der Waals surface area contributed by atoms with Crippen LogP contribution in [-0.2, 0) is 12.8 Å². The second-order valence-corrected chi connectivity index (χ2v) is 14.5. The zero-order valence-corrected chi connectivity index (χ0v) is 32.1. The third kappa shape index (κ3) is 6.45. The van der Waals surface area contributed by atoms with Crippen LogP contribution in [0.5, 0.6) is 11.5 Å². The molecule has 0 saturated carbocycles. The van der Waals surface area contributed by atoms with Gasteiger partial charge in [-0.05, 0) is 90.0 Å². The van der Waals surface area contributed by atoms with Crippen LogP contribution in [0.3, 0.4) is 0 Å². The Hall–Kier alpha value is -6.72. The molecule has 0 saturated heterocycles. The van der Waals surface area contributed by atoms with Gasteiger partial charge in [-0.1, -0.05) is 130 Å². The average Bonchev–Trinajstić information content (AvgIpc) is 3.76. The van der Waals surface area contributed by atoms with Crippen LogP contribution < -0.4 is 4.74 Å². The van der Waals surface area contributed by atoms with E-state index in [1.54, 1.807) is 0 Å². The highest BCUT2D eigenvalue weighted by atomic mass is 16.5. The van der Waals surface area contributed by atoms with Crippen LogP contribution in [0, 0.1) is 6.92 Å². The lowest BCUT2D eigenvalue weighted by Gasteiger charge is -2.18. The van der Waals surface area contributed by atoms with Crippen molar-refractivity contribution >= 4 is 21.8 Å². The molecule has 0 fully saturated rings. The van der Waals surface area contributed by atoms with E-state index in [9.17, 15) is 0 Å². The van der Waals surface area contributed by atoms with E-state index in [0.717, 1.165) is 76.4 Å². The highest BCUT2D eigenvalue weighted by molar-refractivity contribution is 6.09. The van der Waals surface area contributed by atoms with Crippen molar-refractivity contribution in [1.82, 2.24) is 19.3 Å². The summed E-state index contributed by atoms with van der Waals surface area (Å²) in [5.74, 6) is 2.40. The second-order valence-electron chi connectivity index (χ2n) is 14.5. The predicted octanol–water partition coefficient (Wildman–Crippen LogP) is 13.4. The molecule has 5 nitrogen and oxygen atoms in total. The minimum absolute atomic E-state index is 0.754. The molecule has 0 bridgehead atoms. The zero-order chi connectivity index (χ0) is 38.0. The summed E-state index contributed by atoms with van der Waals surface area (Å²) in [6.07, 6.45) is 5.60. The molecule has 0 aliphatic rings. The number of rotatable bonds is 11. The maximum atomic E-state index is 6.71. The molecule has 0 amide bonds. The van der Waals surface area contributed by atoms with Crippen molar-refractivity contribution < 1.29 is 4.74 Å². The molecule has 6 aromatic carbocycles. The Balaban J connectivity index is 1.18. The Morgan fingerprint density at radius 2 is 1.21 bits per heavy atom. The summed E-state index contributed by atoms with van der Waals surface area (Å²) < 4.78 is 11.1. The molecule has 0 unspecified atom stereocenters. The lowest BCUT2D eigenvalue weighted by molar-refractivity contribution is 0.482. The molecule has 274 valence electrons. The van der Waals surface area contributed by atoms with Gasteiger partial charge in [-0.2, -0.15) is 5.10 Å². The molecule has 5 heteroatoms. The number of aryl methyl sites for hydroxylation is 2. The van der Waals surface area contributed by atoms with Crippen molar-refractivity contribution in [2.75, 3.05) is 0 Å². The first-order chi connectivity index (χ1) is 27.6. The van der Waals surface area contributed by atoms with Gasteiger partial charge in [0.25, 0.3) is 0 Å². The van der Waals surface area contributed by atoms with Crippen molar-refractivity contribution in [2.45, 2.75) is 46.5 Å².